The van der Waals surface area contributed by atoms with Gasteiger partial charge in [-0.15, -0.1) is 0 Å². The first-order chi connectivity index (χ1) is 9.68. The van der Waals surface area contributed by atoms with Crippen molar-refractivity contribution < 1.29 is 9.53 Å². The second-order valence-corrected chi connectivity index (χ2v) is 6.31. The Balaban J connectivity index is 1.60. The van der Waals surface area contributed by atoms with Crippen LogP contribution in [0.5, 0.6) is 0 Å². The van der Waals surface area contributed by atoms with Crippen LogP contribution < -0.4 is 5.32 Å². The molecule has 0 radical (unpaired) electrons. The number of ether oxygens (including phenoxy) is 1. The Morgan fingerprint density at radius 1 is 1.25 bits per heavy atom. The van der Waals surface area contributed by atoms with Crippen LogP contribution in [-0.4, -0.2) is 12.1 Å². The number of carbonyl (C=O) groups is 1. The lowest BCUT2D eigenvalue weighted by atomic mass is 9.96. The van der Waals surface area contributed by atoms with Gasteiger partial charge in [-0.1, -0.05) is 43.0 Å². The highest BCUT2D eigenvalue weighted by molar-refractivity contribution is 6.30. The standard InChI is InChI=1S/C16H20ClNO2/c17-13-6-4-5-12(11-13)16(9-10-16)20-15(19)18-14-7-2-1-3-8-14/h4-6,11,14H,1-3,7-10H2,(H,18,19). The van der Waals surface area contributed by atoms with Crippen LogP contribution in [0.15, 0.2) is 24.3 Å². The largest absolute Gasteiger partial charge is 0.438 e. The predicted molar refractivity (Wildman–Crippen MR) is 78.9 cm³/mol. The third kappa shape index (κ3) is 3.09. The van der Waals surface area contributed by atoms with Crippen LogP contribution in [0.25, 0.3) is 0 Å². The zero-order valence-corrected chi connectivity index (χ0v) is 12.3. The van der Waals surface area contributed by atoms with Crippen molar-refractivity contribution in [3.63, 3.8) is 0 Å². The van der Waals surface area contributed by atoms with Gasteiger partial charge in [0.05, 0.1) is 0 Å². The van der Waals surface area contributed by atoms with Gasteiger partial charge in [0.15, 0.2) is 0 Å². The van der Waals surface area contributed by atoms with Gasteiger partial charge in [-0.25, -0.2) is 4.79 Å². The topological polar surface area (TPSA) is 38.3 Å². The molecule has 1 aromatic carbocycles. The van der Waals surface area contributed by atoms with E-state index in [0.29, 0.717) is 5.02 Å². The number of rotatable bonds is 3. The summed E-state index contributed by atoms with van der Waals surface area (Å²) >= 11 is 6.01. The lowest BCUT2D eigenvalue weighted by Gasteiger charge is -2.24. The number of amides is 1. The lowest BCUT2D eigenvalue weighted by Crippen LogP contribution is -2.38. The zero-order chi connectivity index (χ0) is 14.0. The van der Waals surface area contributed by atoms with E-state index in [2.05, 4.69) is 5.32 Å². The molecule has 108 valence electrons. The number of halogens is 1. The summed E-state index contributed by atoms with van der Waals surface area (Å²) in [6.45, 7) is 0. The number of hydrogen-bond acceptors (Lipinski definition) is 2. The summed E-state index contributed by atoms with van der Waals surface area (Å²) in [5.74, 6) is 0. The van der Waals surface area contributed by atoms with E-state index in [1.807, 2.05) is 24.3 Å². The van der Waals surface area contributed by atoms with E-state index < -0.39 is 5.60 Å². The fourth-order valence-electron chi connectivity index (χ4n) is 2.96. The van der Waals surface area contributed by atoms with E-state index >= 15 is 0 Å². The Bertz CT molecular complexity index is 493. The zero-order valence-electron chi connectivity index (χ0n) is 11.5. The lowest BCUT2D eigenvalue weighted by molar-refractivity contribution is 0.0770. The molecule has 3 nitrogen and oxygen atoms in total. The molecule has 2 fully saturated rings. The molecule has 1 amide bonds. The molecule has 0 unspecified atom stereocenters. The van der Waals surface area contributed by atoms with Gasteiger partial charge in [-0.2, -0.15) is 0 Å². The molecule has 0 atom stereocenters. The van der Waals surface area contributed by atoms with Gasteiger partial charge in [-0.3, -0.25) is 0 Å². The van der Waals surface area contributed by atoms with Crippen molar-refractivity contribution in [1.82, 2.24) is 5.32 Å². The fourth-order valence-corrected chi connectivity index (χ4v) is 3.15. The van der Waals surface area contributed by atoms with E-state index in [-0.39, 0.29) is 12.1 Å². The summed E-state index contributed by atoms with van der Waals surface area (Å²) < 4.78 is 5.68. The smallest absolute Gasteiger partial charge is 0.408 e. The SMILES string of the molecule is O=C(NC1CCCCC1)OC1(c2cccc(Cl)c2)CC1. The Kier molecular flexibility index (Phi) is 3.88. The van der Waals surface area contributed by atoms with E-state index in [1.54, 1.807) is 0 Å². The highest BCUT2D eigenvalue weighted by atomic mass is 35.5. The molecule has 4 heteroatoms. The van der Waals surface area contributed by atoms with Crippen molar-refractivity contribution in [2.75, 3.05) is 0 Å². The van der Waals surface area contributed by atoms with Gasteiger partial charge in [0, 0.05) is 11.1 Å². The molecule has 0 spiro atoms. The first kappa shape index (κ1) is 13.7. The first-order valence-electron chi connectivity index (χ1n) is 7.44. The summed E-state index contributed by atoms with van der Waals surface area (Å²) in [6, 6.07) is 7.89. The molecule has 20 heavy (non-hydrogen) atoms. The third-order valence-electron chi connectivity index (χ3n) is 4.27. The highest BCUT2D eigenvalue weighted by Gasteiger charge is 2.48. The van der Waals surface area contributed by atoms with Gasteiger partial charge in [0.1, 0.15) is 5.60 Å². The van der Waals surface area contributed by atoms with E-state index in [9.17, 15) is 4.79 Å². The Morgan fingerprint density at radius 3 is 2.65 bits per heavy atom. The Morgan fingerprint density at radius 2 is 2.00 bits per heavy atom. The summed E-state index contributed by atoms with van der Waals surface area (Å²) in [4.78, 5) is 12.1. The van der Waals surface area contributed by atoms with Crippen LogP contribution in [0.1, 0.15) is 50.5 Å². The van der Waals surface area contributed by atoms with E-state index in [1.165, 1.54) is 19.3 Å². The van der Waals surface area contributed by atoms with Crippen LogP contribution >= 0.6 is 11.6 Å². The number of alkyl carbamates (subject to hydrolysis) is 1. The molecule has 1 aromatic rings. The molecule has 3 rings (SSSR count). The van der Waals surface area contributed by atoms with Crippen LogP contribution in [-0.2, 0) is 10.3 Å². The fraction of sp³-hybridized carbons (Fsp3) is 0.562. The van der Waals surface area contributed by atoms with Crippen molar-refractivity contribution in [3.05, 3.63) is 34.9 Å². The number of nitrogens with one attached hydrogen (secondary N) is 1. The van der Waals surface area contributed by atoms with Crippen LogP contribution in [0.4, 0.5) is 4.79 Å². The van der Waals surface area contributed by atoms with Gasteiger partial charge < -0.3 is 10.1 Å². The molecule has 2 saturated carbocycles. The molecule has 1 N–H and O–H groups in total. The molecule has 0 aromatic heterocycles. The molecule has 0 aliphatic heterocycles. The normalized spacial score (nSPS) is 21.2. The molecule has 0 bridgehead atoms. The van der Waals surface area contributed by atoms with Crippen molar-refractivity contribution in [2.45, 2.75) is 56.6 Å². The molecule has 0 heterocycles. The highest BCUT2D eigenvalue weighted by Crippen LogP contribution is 2.49. The van der Waals surface area contributed by atoms with Crippen LogP contribution in [0.3, 0.4) is 0 Å². The average molecular weight is 294 g/mol. The number of carbonyl (C=O) groups excluding carboxylic acids is 1. The first-order valence-corrected chi connectivity index (χ1v) is 7.81. The quantitative estimate of drug-likeness (QED) is 0.897. The van der Waals surface area contributed by atoms with Crippen molar-refractivity contribution in [1.29, 1.82) is 0 Å². The molecular weight excluding hydrogens is 274 g/mol. The van der Waals surface area contributed by atoms with Crippen LogP contribution in [0, 0.1) is 0 Å². The Labute approximate surface area is 124 Å². The molecule has 2 aliphatic carbocycles. The van der Waals surface area contributed by atoms with E-state index in [0.717, 1.165) is 31.2 Å². The maximum atomic E-state index is 12.1. The molecule has 2 aliphatic rings. The van der Waals surface area contributed by atoms with Gasteiger partial charge >= 0.3 is 6.09 Å². The van der Waals surface area contributed by atoms with E-state index in [4.69, 9.17) is 16.3 Å². The monoisotopic (exact) mass is 293 g/mol. The minimum atomic E-state index is -0.441. The average Bonchev–Trinajstić information content (AvgIpc) is 3.20. The molecule has 0 saturated heterocycles. The third-order valence-corrected chi connectivity index (χ3v) is 4.51. The minimum Gasteiger partial charge on any atom is -0.438 e. The Hall–Kier alpha value is -1.22. The van der Waals surface area contributed by atoms with Crippen molar-refractivity contribution in [3.8, 4) is 0 Å². The van der Waals surface area contributed by atoms with Crippen LogP contribution in [0.2, 0.25) is 5.02 Å². The minimum absolute atomic E-state index is 0.283. The van der Waals surface area contributed by atoms with Gasteiger partial charge in [0.2, 0.25) is 0 Å². The second kappa shape index (κ2) is 5.65. The maximum absolute atomic E-state index is 12.1. The molecular formula is C16H20ClNO2. The summed E-state index contributed by atoms with van der Waals surface area (Å²) in [7, 11) is 0. The maximum Gasteiger partial charge on any atom is 0.408 e. The summed E-state index contributed by atoms with van der Waals surface area (Å²) in [5, 5.41) is 3.69. The number of hydrogen-bond donors (Lipinski definition) is 1. The predicted octanol–water partition coefficient (Wildman–Crippen LogP) is 4.39. The summed E-state index contributed by atoms with van der Waals surface area (Å²) in [6.07, 6.45) is 7.29. The number of benzene rings is 1. The van der Waals surface area contributed by atoms with Gasteiger partial charge in [-0.05, 0) is 43.4 Å². The second-order valence-electron chi connectivity index (χ2n) is 5.87. The van der Waals surface area contributed by atoms with Crippen molar-refractivity contribution >= 4 is 17.7 Å². The summed E-state index contributed by atoms with van der Waals surface area (Å²) in [5.41, 5.74) is 0.563. The van der Waals surface area contributed by atoms with Crippen molar-refractivity contribution in [2.24, 2.45) is 0 Å². The van der Waals surface area contributed by atoms with Gasteiger partial charge in [0.25, 0.3) is 0 Å².